The van der Waals surface area contributed by atoms with Crippen LogP contribution in [0.4, 0.5) is 10.5 Å². The zero-order chi connectivity index (χ0) is 18.5. The number of nitrogens with one attached hydrogen (secondary N) is 2. The zero-order valence-corrected chi connectivity index (χ0v) is 14.6. The highest BCUT2D eigenvalue weighted by atomic mass is 16.2. The normalized spacial score (nSPS) is 11.6. The van der Waals surface area contributed by atoms with Crippen LogP contribution in [-0.4, -0.2) is 15.6 Å². The van der Waals surface area contributed by atoms with Gasteiger partial charge in [0.05, 0.1) is 6.04 Å². The van der Waals surface area contributed by atoms with E-state index in [1.165, 1.54) is 4.57 Å². The molecular formula is C20H20N4O2. The van der Waals surface area contributed by atoms with Crippen molar-refractivity contribution in [3.05, 3.63) is 83.0 Å². The van der Waals surface area contributed by atoms with Gasteiger partial charge in [0, 0.05) is 25.6 Å². The summed E-state index contributed by atoms with van der Waals surface area (Å²) in [5, 5.41) is 5.44. The van der Waals surface area contributed by atoms with Crippen molar-refractivity contribution >= 4 is 11.7 Å². The van der Waals surface area contributed by atoms with Crippen LogP contribution in [0, 0.1) is 0 Å². The molecule has 3 aromatic rings. The highest BCUT2D eigenvalue weighted by Gasteiger charge is 2.11. The molecule has 0 radical (unpaired) electrons. The molecule has 2 amide bonds. The number of hydrogen-bond donors (Lipinski definition) is 2. The van der Waals surface area contributed by atoms with E-state index >= 15 is 0 Å². The molecule has 2 aromatic heterocycles. The number of carbonyl (C=O) groups excluding carboxylic acids is 1. The van der Waals surface area contributed by atoms with Crippen LogP contribution in [-0.2, 0) is 7.05 Å². The lowest BCUT2D eigenvalue weighted by Crippen LogP contribution is -2.33. The molecule has 1 aromatic carbocycles. The Morgan fingerprint density at radius 1 is 1.08 bits per heavy atom. The molecule has 0 fully saturated rings. The minimum absolute atomic E-state index is 0.203. The van der Waals surface area contributed by atoms with Crippen molar-refractivity contribution in [2.45, 2.75) is 13.0 Å². The summed E-state index contributed by atoms with van der Waals surface area (Å²) in [5.74, 6) is 0. The predicted octanol–water partition coefficient (Wildman–Crippen LogP) is 3.33. The van der Waals surface area contributed by atoms with Gasteiger partial charge in [-0.2, -0.15) is 0 Å². The van der Waals surface area contributed by atoms with E-state index in [0.29, 0.717) is 0 Å². The highest BCUT2D eigenvalue weighted by Crippen LogP contribution is 2.21. The second kappa shape index (κ2) is 7.65. The van der Waals surface area contributed by atoms with Crippen molar-refractivity contribution in [3.8, 4) is 11.1 Å². The van der Waals surface area contributed by atoms with Gasteiger partial charge in [-0.1, -0.05) is 30.3 Å². The van der Waals surface area contributed by atoms with Crippen LogP contribution in [0.2, 0.25) is 0 Å². The van der Waals surface area contributed by atoms with Gasteiger partial charge in [-0.05, 0) is 41.8 Å². The van der Waals surface area contributed by atoms with Crippen molar-refractivity contribution in [2.75, 3.05) is 5.32 Å². The van der Waals surface area contributed by atoms with Gasteiger partial charge in [0.15, 0.2) is 0 Å². The maximum absolute atomic E-state index is 12.2. The monoisotopic (exact) mass is 348 g/mol. The smallest absolute Gasteiger partial charge is 0.319 e. The summed E-state index contributed by atoms with van der Waals surface area (Å²) in [4.78, 5) is 28.2. The van der Waals surface area contributed by atoms with Gasteiger partial charge in [0.25, 0.3) is 5.56 Å². The molecule has 0 saturated carbocycles. The van der Waals surface area contributed by atoms with Crippen LogP contribution < -0.4 is 16.2 Å². The van der Waals surface area contributed by atoms with E-state index in [1.807, 2.05) is 49.5 Å². The maximum atomic E-state index is 12.2. The molecule has 0 spiro atoms. The number of amides is 2. The minimum Gasteiger partial charge on any atom is -0.331 e. The first-order valence-electron chi connectivity index (χ1n) is 8.28. The van der Waals surface area contributed by atoms with Crippen molar-refractivity contribution in [2.24, 2.45) is 7.05 Å². The van der Waals surface area contributed by atoms with E-state index in [9.17, 15) is 9.59 Å². The number of carbonyl (C=O) groups is 1. The van der Waals surface area contributed by atoms with Gasteiger partial charge >= 0.3 is 6.03 Å². The van der Waals surface area contributed by atoms with Crippen molar-refractivity contribution in [3.63, 3.8) is 0 Å². The molecule has 0 saturated heterocycles. The van der Waals surface area contributed by atoms with Crippen LogP contribution in [0.1, 0.15) is 18.5 Å². The Bertz CT molecular complexity index is 950. The Morgan fingerprint density at radius 3 is 2.54 bits per heavy atom. The van der Waals surface area contributed by atoms with Gasteiger partial charge < -0.3 is 15.2 Å². The summed E-state index contributed by atoms with van der Waals surface area (Å²) in [6.45, 7) is 1.89. The van der Waals surface area contributed by atoms with Crippen LogP contribution in [0.25, 0.3) is 11.1 Å². The fraction of sp³-hybridized carbons (Fsp3) is 0.150. The van der Waals surface area contributed by atoms with Crippen molar-refractivity contribution in [1.82, 2.24) is 14.9 Å². The lowest BCUT2D eigenvalue weighted by Gasteiger charge is -2.15. The second-order valence-corrected chi connectivity index (χ2v) is 6.02. The van der Waals surface area contributed by atoms with E-state index in [2.05, 4.69) is 15.6 Å². The van der Waals surface area contributed by atoms with E-state index in [0.717, 1.165) is 16.7 Å². The summed E-state index contributed by atoms with van der Waals surface area (Å²) in [6.07, 6.45) is 5.19. The Kier molecular flexibility index (Phi) is 5.12. The Morgan fingerprint density at radius 2 is 1.85 bits per heavy atom. The molecule has 6 heteroatoms. The van der Waals surface area contributed by atoms with E-state index < -0.39 is 6.03 Å². The SMILES string of the molecule is C[C@@H](NC(=O)Nc1cccn(C)c1=O)c1ccc(-c2cccnc2)cc1. The quantitative estimate of drug-likeness (QED) is 0.759. The lowest BCUT2D eigenvalue weighted by molar-refractivity contribution is 0.249. The number of urea groups is 1. The third-order valence-electron chi connectivity index (χ3n) is 4.12. The summed E-state index contributed by atoms with van der Waals surface area (Å²) in [7, 11) is 1.64. The second-order valence-electron chi connectivity index (χ2n) is 6.02. The molecule has 6 nitrogen and oxygen atoms in total. The third-order valence-corrected chi connectivity index (χ3v) is 4.12. The number of aromatic nitrogens is 2. The molecule has 1 atom stereocenters. The maximum Gasteiger partial charge on any atom is 0.319 e. The first-order chi connectivity index (χ1) is 12.5. The van der Waals surface area contributed by atoms with Crippen LogP contribution in [0.3, 0.4) is 0 Å². The molecule has 2 N–H and O–H groups in total. The molecule has 0 aliphatic heterocycles. The number of benzene rings is 1. The van der Waals surface area contributed by atoms with E-state index in [-0.39, 0.29) is 17.3 Å². The largest absolute Gasteiger partial charge is 0.331 e. The number of hydrogen-bond acceptors (Lipinski definition) is 3. The Labute approximate surface area is 151 Å². The van der Waals surface area contributed by atoms with Gasteiger partial charge in [0.1, 0.15) is 5.69 Å². The van der Waals surface area contributed by atoms with Gasteiger partial charge in [-0.3, -0.25) is 9.78 Å². The van der Waals surface area contributed by atoms with Gasteiger partial charge in [-0.25, -0.2) is 4.79 Å². The van der Waals surface area contributed by atoms with Crippen LogP contribution in [0.5, 0.6) is 0 Å². The van der Waals surface area contributed by atoms with Crippen LogP contribution in [0.15, 0.2) is 71.9 Å². The predicted molar refractivity (Wildman–Crippen MR) is 102 cm³/mol. The fourth-order valence-corrected chi connectivity index (χ4v) is 2.63. The Hall–Kier alpha value is -3.41. The molecule has 3 rings (SSSR count). The third kappa shape index (κ3) is 3.97. The number of aryl methyl sites for hydroxylation is 1. The molecule has 0 aliphatic carbocycles. The molecule has 132 valence electrons. The van der Waals surface area contributed by atoms with E-state index in [1.54, 1.807) is 31.6 Å². The molecule has 2 heterocycles. The van der Waals surface area contributed by atoms with Crippen molar-refractivity contribution in [1.29, 1.82) is 0 Å². The minimum atomic E-state index is -0.419. The number of pyridine rings is 2. The summed E-state index contributed by atoms with van der Waals surface area (Å²) in [5.41, 5.74) is 3.06. The summed E-state index contributed by atoms with van der Waals surface area (Å²) < 4.78 is 1.41. The molecular weight excluding hydrogens is 328 g/mol. The first-order valence-corrected chi connectivity index (χ1v) is 8.28. The van der Waals surface area contributed by atoms with Gasteiger partial charge in [-0.15, -0.1) is 0 Å². The van der Waals surface area contributed by atoms with E-state index in [4.69, 9.17) is 0 Å². The summed E-state index contributed by atoms with van der Waals surface area (Å²) in [6, 6.07) is 14.5. The van der Waals surface area contributed by atoms with Gasteiger partial charge in [0.2, 0.25) is 0 Å². The standard InChI is InChI=1S/C20H20N4O2/c1-14(22-20(26)23-18-6-4-12-24(2)19(18)25)15-7-9-16(10-8-15)17-5-3-11-21-13-17/h3-14H,1-2H3,(H2,22,23,26)/t14-/m1/s1. The molecule has 26 heavy (non-hydrogen) atoms. The van der Waals surface area contributed by atoms with Crippen molar-refractivity contribution < 1.29 is 4.79 Å². The molecule has 0 aliphatic rings. The average Bonchev–Trinajstić information content (AvgIpc) is 2.66. The number of anilines is 1. The Balaban J connectivity index is 1.66. The average molecular weight is 348 g/mol. The molecule has 0 bridgehead atoms. The number of nitrogens with zero attached hydrogens (tertiary/aromatic N) is 2. The zero-order valence-electron chi connectivity index (χ0n) is 14.6. The molecule has 0 unspecified atom stereocenters. The highest BCUT2D eigenvalue weighted by molar-refractivity contribution is 5.89. The fourth-order valence-electron chi connectivity index (χ4n) is 2.63. The number of rotatable bonds is 4. The first kappa shape index (κ1) is 17.4. The summed E-state index contributed by atoms with van der Waals surface area (Å²) >= 11 is 0. The topological polar surface area (TPSA) is 76.0 Å². The van der Waals surface area contributed by atoms with Crippen LogP contribution >= 0.6 is 0 Å². The lowest BCUT2D eigenvalue weighted by atomic mass is 10.0.